The number of rotatable bonds is 5. The van der Waals surface area contributed by atoms with Crippen molar-refractivity contribution < 1.29 is 14.4 Å². The molecular weight excluding hydrogens is 233 g/mol. The van der Waals surface area contributed by atoms with E-state index < -0.39 is 16.4 Å². The van der Waals surface area contributed by atoms with Gasteiger partial charge in [-0.05, 0) is 0 Å². The van der Waals surface area contributed by atoms with Crippen LogP contribution in [0.3, 0.4) is 0 Å². The van der Waals surface area contributed by atoms with E-state index >= 15 is 0 Å². The van der Waals surface area contributed by atoms with Crippen molar-refractivity contribution in [2.75, 3.05) is 6.61 Å². The SMILES string of the molecule is CC(CO)SCc1cccc([N+](=O)[O-])c1F. The molecule has 0 aromatic heterocycles. The number of thioether (sulfide) groups is 1. The summed E-state index contributed by atoms with van der Waals surface area (Å²) >= 11 is 1.35. The monoisotopic (exact) mass is 245 g/mol. The molecule has 16 heavy (non-hydrogen) atoms. The number of nitro groups is 1. The van der Waals surface area contributed by atoms with E-state index in [0.717, 1.165) is 6.07 Å². The summed E-state index contributed by atoms with van der Waals surface area (Å²) < 4.78 is 13.6. The summed E-state index contributed by atoms with van der Waals surface area (Å²) in [6.07, 6.45) is 0. The Balaban J connectivity index is 2.81. The molecule has 0 amide bonds. The third-order valence-corrected chi connectivity index (χ3v) is 3.23. The van der Waals surface area contributed by atoms with Crippen molar-refractivity contribution in [1.82, 2.24) is 0 Å². The van der Waals surface area contributed by atoms with Gasteiger partial charge < -0.3 is 5.11 Å². The number of benzene rings is 1. The summed E-state index contributed by atoms with van der Waals surface area (Å²) in [5.74, 6) is -0.472. The van der Waals surface area contributed by atoms with Gasteiger partial charge >= 0.3 is 5.69 Å². The first-order valence-electron chi connectivity index (χ1n) is 4.70. The van der Waals surface area contributed by atoms with E-state index in [0.29, 0.717) is 11.3 Å². The Labute approximate surface area is 96.6 Å². The van der Waals surface area contributed by atoms with Gasteiger partial charge in [0, 0.05) is 22.6 Å². The second kappa shape index (κ2) is 5.81. The molecule has 88 valence electrons. The molecule has 0 saturated carbocycles. The van der Waals surface area contributed by atoms with Gasteiger partial charge in [0.1, 0.15) is 0 Å². The van der Waals surface area contributed by atoms with Crippen LogP contribution in [0.4, 0.5) is 10.1 Å². The Morgan fingerprint density at radius 3 is 2.88 bits per heavy atom. The predicted octanol–water partition coefficient (Wildman–Crippen LogP) is 2.35. The molecule has 1 aromatic rings. The molecular formula is C10H12FNO3S. The van der Waals surface area contributed by atoms with Gasteiger partial charge in [-0.25, -0.2) is 0 Å². The maximum atomic E-state index is 13.6. The normalized spacial score (nSPS) is 12.4. The first-order chi connectivity index (χ1) is 7.56. The Morgan fingerprint density at radius 1 is 1.62 bits per heavy atom. The molecule has 1 unspecified atom stereocenters. The van der Waals surface area contributed by atoms with Crippen LogP contribution in [0.25, 0.3) is 0 Å². The van der Waals surface area contributed by atoms with Crippen molar-refractivity contribution in [3.05, 3.63) is 39.7 Å². The summed E-state index contributed by atoms with van der Waals surface area (Å²) in [7, 11) is 0. The van der Waals surface area contributed by atoms with E-state index in [1.54, 1.807) is 6.92 Å². The molecule has 0 aliphatic carbocycles. The average molecular weight is 245 g/mol. The van der Waals surface area contributed by atoms with Crippen LogP contribution >= 0.6 is 11.8 Å². The van der Waals surface area contributed by atoms with Gasteiger partial charge in [-0.1, -0.05) is 19.1 Å². The lowest BCUT2D eigenvalue weighted by atomic mass is 10.2. The molecule has 1 aromatic carbocycles. The third kappa shape index (κ3) is 3.18. The number of halogens is 1. The molecule has 0 radical (unpaired) electrons. The van der Waals surface area contributed by atoms with Gasteiger partial charge in [-0.3, -0.25) is 10.1 Å². The van der Waals surface area contributed by atoms with E-state index in [9.17, 15) is 14.5 Å². The van der Waals surface area contributed by atoms with Gasteiger partial charge in [0.25, 0.3) is 0 Å². The highest BCUT2D eigenvalue weighted by atomic mass is 32.2. The van der Waals surface area contributed by atoms with Gasteiger partial charge in [0.15, 0.2) is 0 Å². The molecule has 1 rings (SSSR count). The first kappa shape index (κ1) is 12.9. The van der Waals surface area contributed by atoms with Crippen molar-refractivity contribution in [1.29, 1.82) is 0 Å². The molecule has 1 atom stereocenters. The largest absolute Gasteiger partial charge is 0.395 e. The fourth-order valence-corrected chi connectivity index (χ4v) is 1.90. The van der Waals surface area contributed by atoms with Crippen LogP contribution in [-0.2, 0) is 5.75 Å². The van der Waals surface area contributed by atoms with Crippen LogP contribution in [0.5, 0.6) is 0 Å². The summed E-state index contributed by atoms with van der Waals surface area (Å²) in [5.41, 5.74) is -0.214. The Hall–Kier alpha value is -1.14. The summed E-state index contributed by atoms with van der Waals surface area (Å²) in [6.45, 7) is 1.81. The highest BCUT2D eigenvalue weighted by Crippen LogP contribution is 2.25. The van der Waals surface area contributed by atoms with Crippen LogP contribution in [0, 0.1) is 15.9 Å². The Kier molecular flexibility index (Phi) is 4.70. The molecule has 6 heteroatoms. The minimum absolute atomic E-state index is 0.00120. The fraction of sp³-hybridized carbons (Fsp3) is 0.400. The quantitative estimate of drug-likeness (QED) is 0.639. The lowest BCUT2D eigenvalue weighted by Crippen LogP contribution is -2.03. The molecule has 0 saturated heterocycles. The fourth-order valence-electron chi connectivity index (χ4n) is 1.10. The minimum Gasteiger partial charge on any atom is -0.395 e. The zero-order valence-electron chi connectivity index (χ0n) is 8.72. The second-order valence-electron chi connectivity index (χ2n) is 3.31. The lowest BCUT2D eigenvalue weighted by Gasteiger charge is -2.07. The molecule has 0 aliphatic heterocycles. The Bertz CT molecular complexity index is 386. The maximum absolute atomic E-state index is 13.6. The number of nitro benzene ring substituents is 1. The van der Waals surface area contributed by atoms with Crippen LogP contribution in [0.15, 0.2) is 18.2 Å². The number of hydrogen-bond acceptors (Lipinski definition) is 4. The molecule has 0 fully saturated rings. The second-order valence-corrected chi connectivity index (χ2v) is 4.74. The van der Waals surface area contributed by atoms with Crippen molar-refractivity contribution in [3.63, 3.8) is 0 Å². The Morgan fingerprint density at radius 2 is 2.31 bits per heavy atom. The van der Waals surface area contributed by atoms with E-state index in [1.165, 1.54) is 23.9 Å². The van der Waals surface area contributed by atoms with Crippen LogP contribution in [-0.4, -0.2) is 21.9 Å². The topological polar surface area (TPSA) is 63.4 Å². The highest BCUT2D eigenvalue weighted by molar-refractivity contribution is 7.99. The molecule has 0 aliphatic rings. The summed E-state index contributed by atoms with van der Waals surface area (Å²) in [6, 6.07) is 4.11. The van der Waals surface area contributed by atoms with E-state index in [4.69, 9.17) is 5.11 Å². The minimum atomic E-state index is -0.787. The maximum Gasteiger partial charge on any atom is 0.305 e. The molecule has 1 N–H and O–H groups in total. The number of hydrogen-bond donors (Lipinski definition) is 1. The van der Waals surface area contributed by atoms with E-state index in [1.807, 2.05) is 0 Å². The third-order valence-electron chi connectivity index (χ3n) is 2.04. The number of nitrogens with zero attached hydrogens (tertiary/aromatic N) is 1. The van der Waals surface area contributed by atoms with Gasteiger partial charge in [0.2, 0.25) is 5.82 Å². The van der Waals surface area contributed by atoms with Crippen molar-refractivity contribution >= 4 is 17.4 Å². The van der Waals surface area contributed by atoms with Gasteiger partial charge in [-0.15, -0.1) is 0 Å². The highest BCUT2D eigenvalue weighted by Gasteiger charge is 2.17. The molecule has 4 nitrogen and oxygen atoms in total. The first-order valence-corrected chi connectivity index (χ1v) is 5.75. The van der Waals surface area contributed by atoms with Gasteiger partial charge in [0.05, 0.1) is 11.5 Å². The number of aliphatic hydroxyl groups is 1. The smallest absolute Gasteiger partial charge is 0.305 e. The summed E-state index contributed by atoms with van der Waals surface area (Å²) in [4.78, 5) is 9.75. The lowest BCUT2D eigenvalue weighted by molar-refractivity contribution is -0.387. The average Bonchev–Trinajstić information content (AvgIpc) is 2.26. The van der Waals surface area contributed by atoms with Crippen LogP contribution in [0.2, 0.25) is 0 Å². The van der Waals surface area contributed by atoms with Crippen LogP contribution < -0.4 is 0 Å². The van der Waals surface area contributed by atoms with Crippen molar-refractivity contribution in [3.8, 4) is 0 Å². The summed E-state index contributed by atoms with van der Waals surface area (Å²) in [5, 5.41) is 19.3. The zero-order chi connectivity index (χ0) is 12.1. The van der Waals surface area contributed by atoms with Crippen molar-refractivity contribution in [2.45, 2.75) is 17.9 Å². The van der Waals surface area contributed by atoms with Crippen molar-refractivity contribution in [2.24, 2.45) is 0 Å². The van der Waals surface area contributed by atoms with Crippen LogP contribution in [0.1, 0.15) is 12.5 Å². The predicted molar refractivity (Wildman–Crippen MR) is 60.9 cm³/mol. The van der Waals surface area contributed by atoms with E-state index in [2.05, 4.69) is 0 Å². The van der Waals surface area contributed by atoms with E-state index in [-0.39, 0.29) is 11.9 Å². The standard InChI is InChI=1S/C10H12FNO3S/c1-7(5-13)16-6-8-3-2-4-9(10(8)11)12(14)15/h2-4,7,13H,5-6H2,1H3. The zero-order valence-corrected chi connectivity index (χ0v) is 9.54. The molecule has 0 heterocycles. The number of aliphatic hydroxyl groups excluding tert-OH is 1. The molecule has 0 spiro atoms. The van der Waals surface area contributed by atoms with Gasteiger partial charge in [-0.2, -0.15) is 16.2 Å². The molecule has 0 bridgehead atoms.